The SMILES string of the molecule is COc1ccc(NC(=O)C(C)Sc2nnc(C)c(=O)[nH]2)cc1Cl. The lowest BCUT2D eigenvalue weighted by Gasteiger charge is -2.12. The van der Waals surface area contributed by atoms with Crippen LogP contribution < -0.4 is 15.6 Å². The highest BCUT2D eigenvalue weighted by Crippen LogP contribution is 2.28. The summed E-state index contributed by atoms with van der Waals surface area (Å²) in [6, 6.07) is 4.95. The summed E-state index contributed by atoms with van der Waals surface area (Å²) in [5, 5.41) is 10.5. The number of methoxy groups -OCH3 is 1. The Morgan fingerprint density at radius 1 is 1.43 bits per heavy atom. The number of carbonyl (C=O) groups is 1. The maximum absolute atomic E-state index is 12.2. The van der Waals surface area contributed by atoms with E-state index < -0.39 is 5.25 Å². The van der Waals surface area contributed by atoms with Crippen LogP contribution in [0.25, 0.3) is 0 Å². The monoisotopic (exact) mass is 354 g/mol. The van der Waals surface area contributed by atoms with E-state index in [1.54, 1.807) is 32.0 Å². The van der Waals surface area contributed by atoms with Gasteiger partial charge in [-0.25, -0.2) is 0 Å². The smallest absolute Gasteiger partial charge is 0.273 e. The van der Waals surface area contributed by atoms with E-state index in [1.165, 1.54) is 7.11 Å². The minimum Gasteiger partial charge on any atom is -0.495 e. The fraction of sp³-hybridized carbons (Fsp3) is 0.286. The molecule has 0 fully saturated rings. The third-order valence-electron chi connectivity index (χ3n) is 2.92. The van der Waals surface area contributed by atoms with Crippen molar-refractivity contribution in [2.24, 2.45) is 0 Å². The van der Waals surface area contributed by atoms with Gasteiger partial charge in [0.1, 0.15) is 11.4 Å². The van der Waals surface area contributed by atoms with Crippen molar-refractivity contribution < 1.29 is 9.53 Å². The Labute approximate surface area is 141 Å². The first kappa shape index (κ1) is 17.3. The molecule has 0 bridgehead atoms. The lowest BCUT2D eigenvalue weighted by molar-refractivity contribution is -0.115. The van der Waals surface area contributed by atoms with Gasteiger partial charge in [0.05, 0.1) is 17.4 Å². The van der Waals surface area contributed by atoms with E-state index in [9.17, 15) is 9.59 Å². The molecule has 0 saturated heterocycles. The molecule has 0 radical (unpaired) electrons. The number of thioether (sulfide) groups is 1. The molecular weight excluding hydrogens is 340 g/mol. The number of nitrogens with one attached hydrogen (secondary N) is 2. The molecule has 1 unspecified atom stereocenters. The number of H-pyrrole nitrogens is 1. The molecule has 1 amide bonds. The number of nitrogens with zero attached hydrogens (tertiary/aromatic N) is 2. The summed E-state index contributed by atoms with van der Waals surface area (Å²) in [6.45, 7) is 3.26. The van der Waals surface area contributed by atoms with Gasteiger partial charge in [0, 0.05) is 5.69 Å². The zero-order valence-corrected chi connectivity index (χ0v) is 14.3. The van der Waals surface area contributed by atoms with Crippen molar-refractivity contribution in [2.75, 3.05) is 12.4 Å². The average Bonchev–Trinajstić information content (AvgIpc) is 2.51. The molecule has 1 atom stereocenters. The molecule has 2 aromatic rings. The van der Waals surface area contributed by atoms with Crippen molar-refractivity contribution in [1.29, 1.82) is 0 Å². The Morgan fingerprint density at radius 3 is 2.78 bits per heavy atom. The quantitative estimate of drug-likeness (QED) is 0.799. The fourth-order valence-electron chi connectivity index (χ4n) is 1.64. The standard InChI is InChI=1S/C14H15ClN4O3S/c1-7-12(20)17-14(19-18-7)23-8(2)13(21)16-9-4-5-11(22-3)10(15)6-9/h4-6,8H,1-3H3,(H,16,21)(H,17,19,20). The first-order valence-electron chi connectivity index (χ1n) is 6.65. The van der Waals surface area contributed by atoms with Crippen molar-refractivity contribution in [1.82, 2.24) is 15.2 Å². The summed E-state index contributed by atoms with van der Waals surface area (Å²) in [4.78, 5) is 26.2. The van der Waals surface area contributed by atoms with Gasteiger partial charge in [-0.1, -0.05) is 23.4 Å². The molecule has 0 saturated carbocycles. The van der Waals surface area contributed by atoms with Gasteiger partial charge in [-0.15, -0.1) is 10.2 Å². The van der Waals surface area contributed by atoms with Crippen molar-refractivity contribution in [3.63, 3.8) is 0 Å². The van der Waals surface area contributed by atoms with Crippen molar-refractivity contribution in [3.8, 4) is 5.75 Å². The summed E-state index contributed by atoms with van der Waals surface area (Å²) in [5.74, 6) is 0.277. The number of halogens is 1. The minimum absolute atomic E-state index is 0.251. The molecule has 1 heterocycles. The fourth-order valence-corrected chi connectivity index (χ4v) is 2.64. The summed E-state index contributed by atoms with van der Waals surface area (Å²) in [7, 11) is 1.52. The maximum Gasteiger partial charge on any atom is 0.273 e. The zero-order chi connectivity index (χ0) is 17.0. The van der Waals surface area contributed by atoms with Gasteiger partial charge < -0.3 is 10.1 Å². The van der Waals surface area contributed by atoms with E-state index in [4.69, 9.17) is 16.3 Å². The van der Waals surface area contributed by atoms with Gasteiger partial charge >= 0.3 is 0 Å². The summed E-state index contributed by atoms with van der Waals surface area (Å²) in [5.41, 5.74) is 0.508. The van der Waals surface area contributed by atoms with Crippen LogP contribution in [-0.4, -0.2) is 33.4 Å². The number of rotatable bonds is 5. The van der Waals surface area contributed by atoms with Crippen LogP contribution in [0.15, 0.2) is 28.2 Å². The highest BCUT2D eigenvalue weighted by Gasteiger charge is 2.17. The number of benzene rings is 1. The molecule has 0 aliphatic rings. The second-order valence-corrected chi connectivity index (χ2v) is 6.38. The number of ether oxygens (including phenoxy) is 1. The van der Waals surface area contributed by atoms with Crippen LogP contribution in [0.3, 0.4) is 0 Å². The molecule has 0 aliphatic heterocycles. The Kier molecular flexibility index (Phi) is 5.62. The highest BCUT2D eigenvalue weighted by atomic mass is 35.5. The maximum atomic E-state index is 12.2. The molecule has 9 heteroatoms. The van der Waals surface area contributed by atoms with E-state index in [-0.39, 0.29) is 22.3 Å². The molecule has 7 nitrogen and oxygen atoms in total. The molecule has 0 aliphatic carbocycles. The van der Waals surface area contributed by atoms with Gasteiger partial charge in [0.15, 0.2) is 5.16 Å². The zero-order valence-electron chi connectivity index (χ0n) is 12.7. The summed E-state index contributed by atoms with van der Waals surface area (Å²) in [6.07, 6.45) is 0. The Morgan fingerprint density at radius 2 is 2.17 bits per heavy atom. The van der Waals surface area contributed by atoms with Gasteiger partial charge in [0.25, 0.3) is 5.56 Å². The van der Waals surface area contributed by atoms with Crippen LogP contribution in [0.5, 0.6) is 5.75 Å². The number of carbonyl (C=O) groups excluding carboxylic acids is 1. The van der Waals surface area contributed by atoms with Crippen LogP contribution in [0.2, 0.25) is 5.02 Å². The van der Waals surface area contributed by atoms with Crippen LogP contribution in [0.1, 0.15) is 12.6 Å². The lowest BCUT2D eigenvalue weighted by Crippen LogP contribution is -2.23. The van der Waals surface area contributed by atoms with Gasteiger partial charge in [-0.05, 0) is 32.0 Å². The Balaban J connectivity index is 2.03. The van der Waals surface area contributed by atoms with Crippen LogP contribution in [0, 0.1) is 6.92 Å². The Bertz CT molecular complexity index is 781. The van der Waals surface area contributed by atoms with Crippen molar-refractivity contribution >= 4 is 35.0 Å². The van der Waals surface area contributed by atoms with Crippen molar-refractivity contribution in [2.45, 2.75) is 24.3 Å². The minimum atomic E-state index is -0.483. The van der Waals surface area contributed by atoms with E-state index in [1.807, 2.05) is 0 Å². The topological polar surface area (TPSA) is 97.0 Å². The number of anilines is 1. The van der Waals surface area contributed by atoms with Crippen molar-refractivity contribution in [3.05, 3.63) is 39.3 Å². The van der Waals surface area contributed by atoms with Crippen LogP contribution in [-0.2, 0) is 4.79 Å². The number of aryl methyl sites for hydroxylation is 1. The van der Waals surface area contributed by atoms with E-state index >= 15 is 0 Å². The van der Waals surface area contributed by atoms with E-state index in [2.05, 4.69) is 20.5 Å². The van der Waals surface area contributed by atoms with Gasteiger partial charge in [-0.3, -0.25) is 14.6 Å². The van der Waals surface area contributed by atoms with Crippen LogP contribution in [0.4, 0.5) is 5.69 Å². The summed E-state index contributed by atoms with van der Waals surface area (Å²) < 4.78 is 5.05. The largest absolute Gasteiger partial charge is 0.495 e. The number of hydrogen-bond donors (Lipinski definition) is 2. The molecule has 23 heavy (non-hydrogen) atoms. The molecule has 1 aromatic heterocycles. The first-order chi connectivity index (χ1) is 10.9. The molecule has 2 rings (SSSR count). The molecular formula is C14H15ClN4O3S. The molecule has 1 aromatic carbocycles. The molecule has 0 spiro atoms. The number of aromatic nitrogens is 3. The predicted octanol–water partition coefficient (Wildman–Crippen LogP) is 2.25. The highest BCUT2D eigenvalue weighted by molar-refractivity contribution is 8.00. The van der Waals surface area contributed by atoms with E-state index in [0.717, 1.165) is 11.8 Å². The van der Waals surface area contributed by atoms with Gasteiger partial charge in [0.2, 0.25) is 5.91 Å². The molecule has 122 valence electrons. The third-order valence-corrected chi connectivity index (χ3v) is 4.19. The third kappa shape index (κ3) is 4.46. The number of hydrogen-bond acceptors (Lipinski definition) is 6. The number of amides is 1. The molecule has 2 N–H and O–H groups in total. The normalized spacial score (nSPS) is 11.8. The average molecular weight is 355 g/mol. The Hall–Kier alpha value is -2.06. The second-order valence-electron chi connectivity index (χ2n) is 4.64. The van der Waals surface area contributed by atoms with Gasteiger partial charge in [-0.2, -0.15) is 0 Å². The number of aromatic amines is 1. The van der Waals surface area contributed by atoms with Crippen LogP contribution >= 0.6 is 23.4 Å². The summed E-state index contributed by atoms with van der Waals surface area (Å²) >= 11 is 7.12. The predicted molar refractivity (Wildman–Crippen MR) is 89.3 cm³/mol. The second kappa shape index (κ2) is 7.47. The lowest BCUT2D eigenvalue weighted by atomic mass is 10.3. The van der Waals surface area contributed by atoms with E-state index in [0.29, 0.717) is 16.5 Å². The first-order valence-corrected chi connectivity index (χ1v) is 7.91.